The Bertz CT molecular complexity index is 686. The molecule has 2 aromatic carbocycles. The van der Waals surface area contributed by atoms with Crippen LogP contribution in [0, 0.1) is 0 Å². The van der Waals surface area contributed by atoms with Gasteiger partial charge in [-0.1, -0.05) is 24.3 Å². The fourth-order valence-corrected chi connectivity index (χ4v) is 2.16. The average Bonchev–Trinajstić information content (AvgIpc) is 2.60. The maximum absolute atomic E-state index is 11.4. The Hall–Kier alpha value is -2.60. The van der Waals surface area contributed by atoms with Crippen LogP contribution in [-0.2, 0) is 11.3 Å². The standard InChI is InChI=1S/C17H18N2O3S/c1-21-15-6-4-3-5-14(15)19-17(23)18-11-12-7-9-13(10-8-12)16(20)22-2/h3-10H,11H2,1-2H3,(H2,18,19,23). The molecule has 0 atom stereocenters. The van der Waals surface area contributed by atoms with E-state index in [1.807, 2.05) is 36.4 Å². The van der Waals surface area contributed by atoms with E-state index >= 15 is 0 Å². The molecule has 0 spiro atoms. The van der Waals surface area contributed by atoms with Crippen molar-refractivity contribution in [3.05, 3.63) is 59.7 Å². The van der Waals surface area contributed by atoms with Crippen molar-refractivity contribution in [1.29, 1.82) is 0 Å². The quantitative estimate of drug-likeness (QED) is 0.649. The van der Waals surface area contributed by atoms with Gasteiger partial charge < -0.3 is 20.1 Å². The normalized spacial score (nSPS) is 9.83. The molecule has 0 aliphatic rings. The molecular formula is C17H18N2O3S. The Morgan fingerprint density at radius 1 is 1.09 bits per heavy atom. The van der Waals surface area contributed by atoms with Crippen molar-refractivity contribution in [1.82, 2.24) is 5.32 Å². The maximum Gasteiger partial charge on any atom is 0.337 e. The van der Waals surface area contributed by atoms with Crippen molar-refractivity contribution >= 4 is 29.0 Å². The Morgan fingerprint density at radius 2 is 1.78 bits per heavy atom. The first-order valence-electron chi connectivity index (χ1n) is 6.99. The van der Waals surface area contributed by atoms with Crippen molar-refractivity contribution in [2.75, 3.05) is 19.5 Å². The van der Waals surface area contributed by atoms with Crippen LogP contribution < -0.4 is 15.4 Å². The van der Waals surface area contributed by atoms with Gasteiger partial charge in [0.1, 0.15) is 5.75 Å². The predicted molar refractivity (Wildman–Crippen MR) is 93.8 cm³/mol. The molecule has 0 heterocycles. The van der Waals surface area contributed by atoms with E-state index in [0.717, 1.165) is 17.0 Å². The molecule has 6 heteroatoms. The van der Waals surface area contributed by atoms with E-state index in [-0.39, 0.29) is 5.97 Å². The number of hydrogen-bond acceptors (Lipinski definition) is 4. The summed E-state index contributed by atoms with van der Waals surface area (Å²) in [5.74, 6) is 0.372. The Morgan fingerprint density at radius 3 is 2.43 bits per heavy atom. The molecule has 2 N–H and O–H groups in total. The van der Waals surface area contributed by atoms with Gasteiger partial charge >= 0.3 is 5.97 Å². The van der Waals surface area contributed by atoms with Crippen LogP contribution in [-0.4, -0.2) is 25.3 Å². The fraction of sp³-hybridized carbons (Fsp3) is 0.176. The summed E-state index contributed by atoms with van der Waals surface area (Å²) in [5, 5.41) is 6.69. The SMILES string of the molecule is COC(=O)c1ccc(CNC(=S)Nc2ccccc2OC)cc1. The molecule has 0 bridgehead atoms. The number of nitrogens with one attached hydrogen (secondary N) is 2. The number of anilines is 1. The molecular weight excluding hydrogens is 312 g/mol. The van der Waals surface area contributed by atoms with E-state index in [1.165, 1.54) is 7.11 Å². The highest BCUT2D eigenvalue weighted by molar-refractivity contribution is 7.80. The molecule has 0 aliphatic heterocycles. The molecule has 23 heavy (non-hydrogen) atoms. The lowest BCUT2D eigenvalue weighted by Crippen LogP contribution is -2.28. The van der Waals surface area contributed by atoms with Gasteiger partial charge in [0, 0.05) is 6.54 Å². The third-order valence-electron chi connectivity index (χ3n) is 3.18. The first-order valence-corrected chi connectivity index (χ1v) is 7.40. The first kappa shape index (κ1) is 16.8. The lowest BCUT2D eigenvalue weighted by atomic mass is 10.1. The van der Waals surface area contributed by atoms with Crippen molar-refractivity contribution < 1.29 is 14.3 Å². The Labute approximate surface area is 140 Å². The van der Waals surface area contributed by atoms with Gasteiger partial charge in [-0.3, -0.25) is 0 Å². The number of esters is 1. The number of methoxy groups -OCH3 is 2. The summed E-state index contributed by atoms with van der Waals surface area (Å²) in [5.41, 5.74) is 2.32. The number of carbonyl (C=O) groups is 1. The van der Waals surface area contributed by atoms with E-state index in [2.05, 4.69) is 15.4 Å². The highest BCUT2D eigenvalue weighted by Gasteiger charge is 2.06. The molecule has 0 saturated heterocycles. The Kier molecular flexibility index (Phi) is 5.94. The second-order valence-corrected chi connectivity index (χ2v) is 5.10. The zero-order chi connectivity index (χ0) is 16.7. The summed E-state index contributed by atoms with van der Waals surface area (Å²) in [7, 11) is 2.97. The largest absolute Gasteiger partial charge is 0.495 e. The van der Waals surface area contributed by atoms with Gasteiger partial charge in [0.25, 0.3) is 0 Å². The van der Waals surface area contributed by atoms with Crippen molar-refractivity contribution in [3.8, 4) is 5.75 Å². The molecule has 2 rings (SSSR count). The third-order valence-corrected chi connectivity index (χ3v) is 3.43. The van der Waals surface area contributed by atoms with Gasteiger partial charge in [-0.2, -0.15) is 0 Å². The molecule has 120 valence electrons. The monoisotopic (exact) mass is 330 g/mol. The third kappa shape index (κ3) is 4.69. The zero-order valence-corrected chi connectivity index (χ0v) is 13.8. The zero-order valence-electron chi connectivity index (χ0n) is 13.0. The highest BCUT2D eigenvalue weighted by atomic mass is 32.1. The molecule has 0 aromatic heterocycles. The summed E-state index contributed by atoms with van der Waals surface area (Å²) >= 11 is 5.28. The van der Waals surface area contributed by atoms with Gasteiger partial charge in [0.15, 0.2) is 5.11 Å². The summed E-state index contributed by atoms with van der Waals surface area (Å²) in [6.45, 7) is 0.544. The molecule has 0 unspecified atom stereocenters. The van der Waals surface area contributed by atoms with Crippen LogP contribution in [0.1, 0.15) is 15.9 Å². The van der Waals surface area contributed by atoms with Crippen LogP contribution in [0.25, 0.3) is 0 Å². The van der Waals surface area contributed by atoms with Crippen LogP contribution in [0.2, 0.25) is 0 Å². The predicted octanol–water partition coefficient (Wildman–Crippen LogP) is 2.97. The highest BCUT2D eigenvalue weighted by Crippen LogP contribution is 2.22. The molecule has 0 fully saturated rings. The van der Waals surface area contributed by atoms with Crippen molar-refractivity contribution in [2.24, 2.45) is 0 Å². The summed E-state index contributed by atoms with van der Waals surface area (Å²) in [4.78, 5) is 11.4. The maximum atomic E-state index is 11.4. The smallest absolute Gasteiger partial charge is 0.337 e. The molecule has 0 radical (unpaired) electrons. The lowest BCUT2D eigenvalue weighted by molar-refractivity contribution is 0.0600. The van der Waals surface area contributed by atoms with E-state index in [1.54, 1.807) is 19.2 Å². The number of para-hydroxylation sites is 2. The number of ether oxygens (including phenoxy) is 2. The van der Waals surface area contributed by atoms with Crippen LogP contribution in [0.4, 0.5) is 5.69 Å². The fourth-order valence-electron chi connectivity index (χ4n) is 1.97. The minimum absolute atomic E-state index is 0.349. The van der Waals surface area contributed by atoms with Crippen molar-refractivity contribution in [2.45, 2.75) is 6.54 Å². The second-order valence-electron chi connectivity index (χ2n) is 4.70. The van der Waals surface area contributed by atoms with E-state index in [9.17, 15) is 4.79 Å². The van der Waals surface area contributed by atoms with E-state index < -0.39 is 0 Å². The minimum atomic E-state index is -0.349. The van der Waals surface area contributed by atoms with Crippen LogP contribution in [0.15, 0.2) is 48.5 Å². The molecule has 0 amide bonds. The number of rotatable bonds is 5. The number of hydrogen-bond donors (Lipinski definition) is 2. The first-order chi connectivity index (χ1) is 11.1. The lowest BCUT2D eigenvalue weighted by Gasteiger charge is -2.13. The number of thiocarbonyl (C=S) groups is 1. The molecule has 5 nitrogen and oxygen atoms in total. The van der Waals surface area contributed by atoms with Crippen LogP contribution in [0.3, 0.4) is 0 Å². The average molecular weight is 330 g/mol. The summed E-state index contributed by atoms with van der Waals surface area (Å²) < 4.78 is 9.93. The number of benzene rings is 2. The van der Waals surface area contributed by atoms with E-state index in [0.29, 0.717) is 17.2 Å². The van der Waals surface area contributed by atoms with Crippen LogP contribution >= 0.6 is 12.2 Å². The van der Waals surface area contributed by atoms with Gasteiger partial charge in [-0.25, -0.2) is 4.79 Å². The summed E-state index contributed by atoms with van der Waals surface area (Å²) in [6.07, 6.45) is 0. The van der Waals surface area contributed by atoms with Crippen LogP contribution in [0.5, 0.6) is 5.75 Å². The minimum Gasteiger partial charge on any atom is -0.495 e. The summed E-state index contributed by atoms with van der Waals surface area (Å²) in [6, 6.07) is 14.7. The van der Waals surface area contributed by atoms with Crippen molar-refractivity contribution in [3.63, 3.8) is 0 Å². The van der Waals surface area contributed by atoms with Gasteiger partial charge in [0.2, 0.25) is 0 Å². The van der Waals surface area contributed by atoms with Gasteiger partial charge in [-0.15, -0.1) is 0 Å². The van der Waals surface area contributed by atoms with E-state index in [4.69, 9.17) is 17.0 Å². The number of carbonyl (C=O) groups excluding carboxylic acids is 1. The molecule has 0 saturated carbocycles. The topological polar surface area (TPSA) is 59.6 Å². The van der Waals surface area contributed by atoms with Gasteiger partial charge in [-0.05, 0) is 42.0 Å². The second kappa shape index (κ2) is 8.14. The molecule has 2 aromatic rings. The van der Waals surface area contributed by atoms with Gasteiger partial charge in [0.05, 0.1) is 25.5 Å². The molecule has 0 aliphatic carbocycles. The Balaban J connectivity index is 1.90.